The van der Waals surface area contributed by atoms with Crippen molar-refractivity contribution in [1.29, 1.82) is 0 Å². The molecule has 0 spiro atoms. The van der Waals surface area contributed by atoms with Crippen LogP contribution < -0.4 is 55.3 Å². The van der Waals surface area contributed by atoms with Gasteiger partial charge in [-0.15, -0.1) is 4.52 Å². The van der Waals surface area contributed by atoms with Gasteiger partial charge in [0.15, 0.2) is 0 Å². The second kappa shape index (κ2) is 21.6. The van der Waals surface area contributed by atoms with Gasteiger partial charge >= 0.3 is 14.1 Å². The van der Waals surface area contributed by atoms with Crippen molar-refractivity contribution in [2.75, 3.05) is 13.1 Å². The number of unbranched alkanes of at least 4 members (excludes halogenated alkanes) is 1. The molecule has 0 aliphatic rings. The average molecular weight is 686 g/mol. The molecule has 0 saturated carbocycles. The van der Waals surface area contributed by atoms with E-state index in [9.17, 15) is 48.6 Å². The van der Waals surface area contributed by atoms with Gasteiger partial charge in [-0.25, -0.2) is 4.79 Å². The van der Waals surface area contributed by atoms with Crippen molar-refractivity contribution in [3.8, 4) is 0 Å². The van der Waals surface area contributed by atoms with Gasteiger partial charge in [0.05, 0.1) is 6.04 Å². The lowest BCUT2D eigenvalue weighted by Gasteiger charge is -2.28. The molecule has 46 heavy (non-hydrogen) atoms. The Hall–Kier alpha value is -3.11. The van der Waals surface area contributed by atoms with Crippen LogP contribution in [0.1, 0.15) is 58.8 Å². The fraction of sp³-hybridized carbons (Fsp3) is 0.750. The summed E-state index contributed by atoms with van der Waals surface area (Å²) >= 11 is 0. The minimum absolute atomic E-state index is 0.00345. The van der Waals surface area contributed by atoms with E-state index < -0.39 is 86.3 Å². The van der Waals surface area contributed by atoms with Gasteiger partial charge in [-0.1, -0.05) is 0 Å². The molecule has 6 atom stereocenters. The highest BCUT2D eigenvalue weighted by atomic mass is 31.2. The SMILES string of the molecule is C[C@H](N)C(=O)N[C@@H](CCCNC(N)N)C(=O)N[C@H](C(=O)N[C@@H](CCCCN)C(=O)N[C@@H](CCC(N)=O)C(=O)O)[C@@H](C)O[P+](O)(O)O. The number of nitrogens with one attached hydrogen (secondary N) is 5. The Morgan fingerprint density at radius 1 is 0.739 bits per heavy atom. The van der Waals surface area contributed by atoms with Gasteiger partial charge in [0.1, 0.15) is 36.6 Å². The minimum atomic E-state index is -4.97. The summed E-state index contributed by atoms with van der Waals surface area (Å²) in [6.45, 7) is 2.95. The van der Waals surface area contributed by atoms with Gasteiger partial charge in [0.25, 0.3) is 0 Å². The van der Waals surface area contributed by atoms with E-state index in [1.54, 1.807) is 0 Å². The van der Waals surface area contributed by atoms with Crippen LogP contribution in [0.5, 0.6) is 0 Å². The van der Waals surface area contributed by atoms with E-state index in [2.05, 4.69) is 26.6 Å². The number of carboxylic acids is 1. The van der Waals surface area contributed by atoms with Crippen LogP contribution in [0.25, 0.3) is 0 Å². The molecule has 0 aromatic heterocycles. The molecule has 0 radical (unpaired) electrons. The highest BCUT2D eigenvalue weighted by molar-refractivity contribution is 7.53. The summed E-state index contributed by atoms with van der Waals surface area (Å²) in [5.74, 6) is -5.99. The zero-order valence-corrected chi connectivity index (χ0v) is 26.8. The number of aliphatic carboxylic acids is 1. The van der Waals surface area contributed by atoms with Crippen molar-refractivity contribution in [2.45, 2.75) is 101 Å². The summed E-state index contributed by atoms with van der Waals surface area (Å²) in [7, 11) is -4.97. The van der Waals surface area contributed by atoms with Crippen LogP contribution in [0, 0.1) is 0 Å². The maximum absolute atomic E-state index is 13.5. The highest BCUT2D eigenvalue weighted by Crippen LogP contribution is 2.47. The largest absolute Gasteiger partial charge is 0.567 e. The third-order valence-electron chi connectivity index (χ3n) is 6.33. The van der Waals surface area contributed by atoms with Crippen LogP contribution in [0.15, 0.2) is 0 Å². The number of carbonyl (C=O) groups is 6. The molecule has 21 nitrogen and oxygen atoms in total. The molecule has 0 aliphatic carbocycles. The van der Waals surface area contributed by atoms with Gasteiger partial charge in [-0.2, -0.15) is 14.7 Å². The van der Waals surface area contributed by atoms with Crippen molar-refractivity contribution in [1.82, 2.24) is 26.6 Å². The molecular formula is C24H50N10O11P+. The van der Waals surface area contributed by atoms with Crippen LogP contribution in [0.2, 0.25) is 0 Å². The number of hydrogen-bond donors (Lipinski definition) is 14. The van der Waals surface area contributed by atoms with Crippen LogP contribution in [0.3, 0.4) is 0 Å². The predicted molar refractivity (Wildman–Crippen MR) is 164 cm³/mol. The number of carboxylic acid groups (broad SMARTS) is 1. The van der Waals surface area contributed by atoms with E-state index in [1.807, 2.05) is 0 Å². The molecule has 0 heterocycles. The first-order chi connectivity index (χ1) is 21.3. The molecule has 0 unspecified atom stereocenters. The van der Waals surface area contributed by atoms with E-state index in [-0.39, 0.29) is 45.2 Å². The number of carbonyl (C=O) groups excluding carboxylic acids is 5. The molecule has 19 N–H and O–H groups in total. The quantitative estimate of drug-likeness (QED) is 0.0256. The first-order valence-electron chi connectivity index (χ1n) is 14.5. The number of amides is 5. The van der Waals surface area contributed by atoms with Crippen LogP contribution in [0.4, 0.5) is 0 Å². The van der Waals surface area contributed by atoms with E-state index in [0.29, 0.717) is 12.8 Å². The van der Waals surface area contributed by atoms with Gasteiger partial charge in [0.2, 0.25) is 29.5 Å². The average Bonchev–Trinajstić information content (AvgIpc) is 2.92. The summed E-state index contributed by atoms with van der Waals surface area (Å²) in [6.07, 6.45) is -2.25. The molecule has 0 aromatic rings. The van der Waals surface area contributed by atoms with Gasteiger partial charge in [0, 0.05) is 6.42 Å². The topological polar surface area (TPSA) is 383 Å². The van der Waals surface area contributed by atoms with Crippen molar-refractivity contribution in [3.05, 3.63) is 0 Å². The van der Waals surface area contributed by atoms with Gasteiger partial charge < -0.3 is 55.0 Å². The summed E-state index contributed by atoms with van der Waals surface area (Å²) in [5.41, 5.74) is 27.1. The fourth-order valence-electron chi connectivity index (χ4n) is 3.92. The zero-order chi connectivity index (χ0) is 35.6. The van der Waals surface area contributed by atoms with E-state index in [0.717, 1.165) is 6.92 Å². The molecule has 0 saturated heterocycles. The third kappa shape index (κ3) is 18.8. The molecule has 266 valence electrons. The summed E-state index contributed by atoms with van der Waals surface area (Å²) < 4.78 is 4.76. The van der Waals surface area contributed by atoms with Crippen molar-refractivity contribution >= 4 is 43.7 Å². The Balaban J connectivity index is 6.21. The molecular weight excluding hydrogens is 635 g/mol. The van der Waals surface area contributed by atoms with Crippen molar-refractivity contribution in [3.63, 3.8) is 0 Å². The van der Waals surface area contributed by atoms with Crippen molar-refractivity contribution < 1.29 is 53.1 Å². The first-order valence-corrected chi connectivity index (χ1v) is 16.0. The maximum Gasteiger partial charge on any atom is 0.567 e. The zero-order valence-electron chi connectivity index (χ0n) is 25.9. The van der Waals surface area contributed by atoms with E-state index >= 15 is 0 Å². The summed E-state index contributed by atoms with van der Waals surface area (Å²) in [6, 6.07) is -7.04. The van der Waals surface area contributed by atoms with E-state index in [4.69, 9.17) is 33.2 Å². The molecule has 0 aromatic carbocycles. The smallest absolute Gasteiger partial charge is 0.480 e. The Morgan fingerprint density at radius 2 is 1.26 bits per heavy atom. The van der Waals surface area contributed by atoms with Gasteiger partial charge in [-0.3, -0.25) is 29.3 Å². The lowest BCUT2D eigenvalue weighted by molar-refractivity contribution is -0.142. The fourth-order valence-corrected chi connectivity index (χ4v) is 4.49. The predicted octanol–water partition coefficient (Wildman–Crippen LogP) is -5.62. The minimum Gasteiger partial charge on any atom is -0.480 e. The lowest BCUT2D eigenvalue weighted by atomic mass is 10.0. The standard InChI is InChI=1S/C24H49N10O11P/c1-12(26)19(36)31-15(7-5-11-30-24(28)29)21(38)34-18(13(2)45-46(42,43)44)22(39)32-14(6-3-4-10-25)20(37)33-16(23(40)41)8-9-17(27)35/h12-16,18,24,30,42-44H,3-11,25-26,28-29H2,1-2H3,(H6-,27,31,32,33,34,35,36,37,38,39,40,41)/p+1/t12-,13+,14-,15-,16-,18-/m0/s1. The third-order valence-corrected chi connectivity index (χ3v) is 6.94. The number of nitrogens with two attached hydrogens (primary N) is 5. The summed E-state index contributed by atoms with van der Waals surface area (Å²) in [4.78, 5) is 104. The van der Waals surface area contributed by atoms with Gasteiger partial charge in [-0.05, 0) is 65.5 Å². The second-order valence-electron chi connectivity index (χ2n) is 10.5. The van der Waals surface area contributed by atoms with Crippen LogP contribution in [-0.4, -0.2) is 111 Å². The van der Waals surface area contributed by atoms with Crippen LogP contribution in [-0.2, 0) is 33.3 Å². The molecule has 0 bridgehead atoms. The molecule has 0 fully saturated rings. The normalized spacial score (nSPS) is 15.5. The van der Waals surface area contributed by atoms with E-state index in [1.165, 1.54) is 6.92 Å². The Kier molecular flexibility index (Phi) is 20.2. The number of hydrogen-bond acceptors (Lipinski definition) is 15. The molecule has 5 amide bonds. The summed E-state index contributed by atoms with van der Waals surface area (Å²) in [5, 5.41) is 21.6. The van der Waals surface area contributed by atoms with Crippen molar-refractivity contribution in [2.24, 2.45) is 28.7 Å². The maximum atomic E-state index is 13.5. The molecule has 0 rings (SSSR count). The second-order valence-corrected chi connectivity index (χ2v) is 11.8. The Bertz CT molecular complexity index is 1020. The Morgan fingerprint density at radius 3 is 1.74 bits per heavy atom. The lowest BCUT2D eigenvalue weighted by Crippen LogP contribution is -2.61. The first kappa shape index (κ1) is 42.9. The van der Waals surface area contributed by atoms with Crippen LogP contribution >= 0.6 is 8.17 Å². The number of primary amides is 1. The monoisotopic (exact) mass is 685 g/mol. The molecule has 0 aliphatic heterocycles. The Labute approximate surface area is 266 Å². The molecule has 22 heteroatoms. The number of rotatable bonds is 24. The highest BCUT2D eigenvalue weighted by Gasteiger charge is 2.43.